The highest BCUT2D eigenvalue weighted by Gasteiger charge is 2.17. The molecule has 1 aromatic carbocycles. The molecule has 0 bridgehead atoms. The largest absolute Gasteiger partial charge is 0.339 e. The molecule has 0 spiro atoms. The molecule has 0 aliphatic rings. The highest BCUT2D eigenvalue weighted by Crippen LogP contribution is 2.17. The van der Waals surface area contributed by atoms with E-state index < -0.39 is 0 Å². The standard InChI is InChI=1S/C18H25N3O2/c1-4-5-13-21(15-9-7-6-8-10-15)17(22)12-11-16-19-18(14(2)3)20-23-16/h6-10,14H,4-5,11-13H2,1-3H3. The predicted octanol–water partition coefficient (Wildman–Crippen LogP) is 3.96. The summed E-state index contributed by atoms with van der Waals surface area (Å²) in [6, 6.07) is 9.80. The Kier molecular flexibility index (Phi) is 6.32. The van der Waals surface area contributed by atoms with E-state index in [9.17, 15) is 4.79 Å². The number of aromatic nitrogens is 2. The average Bonchev–Trinajstić information content (AvgIpc) is 3.03. The number of unbranched alkanes of at least 4 members (excludes halogenated alkanes) is 1. The molecule has 5 nitrogen and oxygen atoms in total. The normalized spacial score (nSPS) is 11.0. The molecule has 5 heteroatoms. The maximum atomic E-state index is 12.6. The minimum absolute atomic E-state index is 0.0916. The molecule has 1 heterocycles. The molecule has 0 saturated heterocycles. The van der Waals surface area contributed by atoms with Gasteiger partial charge in [0, 0.05) is 31.0 Å². The fraction of sp³-hybridized carbons (Fsp3) is 0.500. The molecule has 2 rings (SSSR count). The molecular weight excluding hydrogens is 290 g/mol. The van der Waals surface area contributed by atoms with E-state index in [1.807, 2.05) is 49.1 Å². The maximum Gasteiger partial charge on any atom is 0.227 e. The van der Waals surface area contributed by atoms with Gasteiger partial charge in [-0.15, -0.1) is 0 Å². The number of aryl methyl sites for hydroxylation is 1. The number of para-hydroxylation sites is 1. The van der Waals surface area contributed by atoms with Gasteiger partial charge in [-0.05, 0) is 18.6 Å². The van der Waals surface area contributed by atoms with Gasteiger partial charge in [0.05, 0.1) is 0 Å². The summed E-state index contributed by atoms with van der Waals surface area (Å²) >= 11 is 0. The Balaban J connectivity index is 1.99. The average molecular weight is 315 g/mol. The van der Waals surface area contributed by atoms with Crippen LogP contribution in [0.3, 0.4) is 0 Å². The fourth-order valence-corrected chi connectivity index (χ4v) is 2.27. The van der Waals surface area contributed by atoms with Crippen LogP contribution in [0.15, 0.2) is 34.9 Å². The second-order valence-electron chi connectivity index (χ2n) is 5.94. The molecule has 2 aromatic rings. The number of hydrogen-bond donors (Lipinski definition) is 0. The summed E-state index contributed by atoms with van der Waals surface area (Å²) in [6.45, 7) is 6.89. The highest BCUT2D eigenvalue weighted by molar-refractivity contribution is 5.93. The summed E-state index contributed by atoms with van der Waals surface area (Å²) in [6.07, 6.45) is 2.89. The number of carbonyl (C=O) groups is 1. The number of nitrogens with zero attached hydrogens (tertiary/aromatic N) is 3. The Labute approximate surface area is 137 Å². The van der Waals surface area contributed by atoms with Gasteiger partial charge in [-0.1, -0.05) is 50.5 Å². The smallest absolute Gasteiger partial charge is 0.227 e. The van der Waals surface area contributed by atoms with Crippen molar-refractivity contribution in [1.82, 2.24) is 10.1 Å². The number of benzene rings is 1. The molecule has 0 unspecified atom stereocenters. The van der Waals surface area contributed by atoms with Crippen LogP contribution >= 0.6 is 0 Å². The molecule has 1 amide bonds. The van der Waals surface area contributed by atoms with E-state index in [2.05, 4.69) is 17.1 Å². The lowest BCUT2D eigenvalue weighted by atomic mass is 10.2. The summed E-state index contributed by atoms with van der Waals surface area (Å²) < 4.78 is 5.21. The third-order valence-electron chi connectivity index (χ3n) is 3.66. The van der Waals surface area contributed by atoms with E-state index in [0.29, 0.717) is 24.6 Å². The lowest BCUT2D eigenvalue weighted by Gasteiger charge is -2.22. The molecule has 1 aromatic heterocycles. The van der Waals surface area contributed by atoms with E-state index in [1.54, 1.807) is 0 Å². The molecule has 0 aliphatic carbocycles. The number of hydrogen-bond acceptors (Lipinski definition) is 4. The summed E-state index contributed by atoms with van der Waals surface area (Å²) in [5.41, 5.74) is 0.944. The lowest BCUT2D eigenvalue weighted by molar-refractivity contribution is -0.118. The van der Waals surface area contributed by atoms with Crippen molar-refractivity contribution >= 4 is 11.6 Å². The van der Waals surface area contributed by atoms with Crippen LogP contribution in [-0.2, 0) is 11.2 Å². The third kappa shape index (κ3) is 4.91. The zero-order valence-electron chi connectivity index (χ0n) is 14.2. The van der Waals surface area contributed by atoms with Crippen LogP contribution in [0.1, 0.15) is 57.7 Å². The Morgan fingerprint density at radius 3 is 2.61 bits per heavy atom. The van der Waals surface area contributed by atoms with Crippen LogP contribution in [0.4, 0.5) is 5.69 Å². The van der Waals surface area contributed by atoms with Crippen molar-refractivity contribution in [2.45, 2.75) is 52.4 Å². The van der Waals surface area contributed by atoms with Crippen molar-refractivity contribution in [1.29, 1.82) is 0 Å². The van der Waals surface area contributed by atoms with Gasteiger partial charge >= 0.3 is 0 Å². The van der Waals surface area contributed by atoms with Gasteiger partial charge in [-0.2, -0.15) is 4.98 Å². The second-order valence-corrected chi connectivity index (χ2v) is 5.94. The van der Waals surface area contributed by atoms with Gasteiger partial charge in [0.15, 0.2) is 5.82 Å². The SMILES string of the molecule is CCCCN(C(=O)CCc1nc(C(C)C)no1)c1ccccc1. The first-order chi connectivity index (χ1) is 11.1. The van der Waals surface area contributed by atoms with Crippen molar-refractivity contribution < 1.29 is 9.32 Å². The fourth-order valence-electron chi connectivity index (χ4n) is 2.27. The van der Waals surface area contributed by atoms with Crippen LogP contribution in [-0.4, -0.2) is 22.6 Å². The van der Waals surface area contributed by atoms with Gasteiger partial charge < -0.3 is 9.42 Å². The first kappa shape index (κ1) is 17.2. The molecule has 0 aliphatic heterocycles. The Morgan fingerprint density at radius 2 is 2.00 bits per heavy atom. The van der Waals surface area contributed by atoms with Crippen molar-refractivity contribution in [3.05, 3.63) is 42.0 Å². The Bertz CT molecular complexity index is 608. The summed E-state index contributed by atoms with van der Waals surface area (Å²) in [4.78, 5) is 18.8. The van der Waals surface area contributed by atoms with Crippen LogP contribution in [0.2, 0.25) is 0 Å². The van der Waals surface area contributed by atoms with E-state index in [4.69, 9.17) is 4.52 Å². The molecule has 124 valence electrons. The van der Waals surface area contributed by atoms with Gasteiger partial charge in [0.1, 0.15) is 0 Å². The molecule has 0 radical (unpaired) electrons. The third-order valence-corrected chi connectivity index (χ3v) is 3.66. The van der Waals surface area contributed by atoms with Gasteiger partial charge in [-0.25, -0.2) is 0 Å². The van der Waals surface area contributed by atoms with E-state index in [-0.39, 0.29) is 11.8 Å². The van der Waals surface area contributed by atoms with Gasteiger partial charge in [0.25, 0.3) is 0 Å². The molecular formula is C18H25N3O2. The van der Waals surface area contributed by atoms with Crippen LogP contribution in [0.5, 0.6) is 0 Å². The highest BCUT2D eigenvalue weighted by atomic mass is 16.5. The van der Waals surface area contributed by atoms with Crippen LogP contribution < -0.4 is 4.90 Å². The molecule has 0 atom stereocenters. The summed E-state index contributed by atoms with van der Waals surface area (Å²) in [5, 5.41) is 3.94. The number of rotatable bonds is 8. The van der Waals surface area contributed by atoms with Crippen molar-refractivity contribution in [3.8, 4) is 0 Å². The van der Waals surface area contributed by atoms with Crippen LogP contribution in [0.25, 0.3) is 0 Å². The quantitative estimate of drug-likeness (QED) is 0.740. The maximum absolute atomic E-state index is 12.6. The minimum atomic E-state index is 0.0916. The molecule has 23 heavy (non-hydrogen) atoms. The number of anilines is 1. The van der Waals surface area contributed by atoms with Crippen molar-refractivity contribution in [2.75, 3.05) is 11.4 Å². The monoisotopic (exact) mass is 315 g/mol. The molecule has 0 saturated carbocycles. The number of carbonyl (C=O) groups excluding carboxylic acids is 1. The second kappa shape index (κ2) is 8.46. The zero-order valence-corrected chi connectivity index (χ0v) is 14.2. The Hall–Kier alpha value is -2.17. The van der Waals surface area contributed by atoms with Crippen molar-refractivity contribution in [2.24, 2.45) is 0 Å². The first-order valence-corrected chi connectivity index (χ1v) is 8.29. The van der Waals surface area contributed by atoms with Gasteiger partial charge in [0.2, 0.25) is 11.8 Å². The Morgan fingerprint density at radius 1 is 1.26 bits per heavy atom. The number of amides is 1. The van der Waals surface area contributed by atoms with Gasteiger partial charge in [-0.3, -0.25) is 4.79 Å². The van der Waals surface area contributed by atoms with Crippen LogP contribution in [0, 0.1) is 0 Å². The first-order valence-electron chi connectivity index (χ1n) is 8.29. The molecule has 0 N–H and O–H groups in total. The van der Waals surface area contributed by atoms with E-state index in [0.717, 1.165) is 25.1 Å². The topological polar surface area (TPSA) is 59.2 Å². The predicted molar refractivity (Wildman–Crippen MR) is 90.4 cm³/mol. The van der Waals surface area contributed by atoms with E-state index in [1.165, 1.54) is 0 Å². The minimum Gasteiger partial charge on any atom is -0.339 e. The lowest BCUT2D eigenvalue weighted by Crippen LogP contribution is -2.32. The summed E-state index contributed by atoms with van der Waals surface area (Å²) in [7, 11) is 0. The summed E-state index contributed by atoms with van der Waals surface area (Å²) in [5.74, 6) is 1.55. The molecule has 0 fully saturated rings. The van der Waals surface area contributed by atoms with E-state index >= 15 is 0 Å². The van der Waals surface area contributed by atoms with Crippen molar-refractivity contribution in [3.63, 3.8) is 0 Å². The zero-order chi connectivity index (χ0) is 16.7.